The van der Waals surface area contributed by atoms with E-state index in [2.05, 4.69) is 8.95 Å². The Morgan fingerprint density at radius 3 is 2.75 bits per heavy atom. The Labute approximate surface area is 73.2 Å². The SMILES string of the molecule is O=P(O)(O)OSc1ccccn1. The molecule has 0 aliphatic carbocycles. The van der Waals surface area contributed by atoms with E-state index in [1.54, 1.807) is 18.2 Å². The lowest BCUT2D eigenvalue weighted by atomic mass is 10.5. The molecule has 2 N–H and O–H groups in total. The maximum Gasteiger partial charge on any atom is 0.481 e. The molecule has 0 radical (unpaired) electrons. The molecule has 1 aromatic rings. The molecule has 0 saturated heterocycles. The van der Waals surface area contributed by atoms with Crippen molar-refractivity contribution in [3.05, 3.63) is 24.4 Å². The van der Waals surface area contributed by atoms with E-state index in [0.29, 0.717) is 17.1 Å². The normalized spacial score (nSPS) is 11.5. The number of nitrogens with zero attached hydrogens (tertiary/aromatic N) is 1. The zero-order valence-electron chi connectivity index (χ0n) is 5.82. The van der Waals surface area contributed by atoms with E-state index >= 15 is 0 Å². The molecule has 7 heteroatoms. The van der Waals surface area contributed by atoms with Crippen molar-refractivity contribution in [2.24, 2.45) is 0 Å². The van der Waals surface area contributed by atoms with E-state index in [9.17, 15) is 4.57 Å². The molecule has 1 aromatic heterocycles. The molecule has 12 heavy (non-hydrogen) atoms. The quantitative estimate of drug-likeness (QED) is 0.572. The highest BCUT2D eigenvalue weighted by Crippen LogP contribution is 2.42. The summed E-state index contributed by atoms with van der Waals surface area (Å²) in [5.74, 6) is 0. The van der Waals surface area contributed by atoms with E-state index in [-0.39, 0.29) is 0 Å². The standard InChI is InChI=1S/C5H6NO4PS/c7-11(8,9)10-12-5-3-1-2-4-6-5/h1-4H,(H2,7,8,9). The zero-order valence-corrected chi connectivity index (χ0v) is 7.53. The zero-order chi connectivity index (χ0) is 9.03. The monoisotopic (exact) mass is 207 g/mol. The summed E-state index contributed by atoms with van der Waals surface area (Å²) in [6.07, 6.45) is 1.51. The molecule has 0 fully saturated rings. The van der Waals surface area contributed by atoms with E-state index in [1.807, 2.05) is 0 Å². The fourth-order valence-corrected chi connectivity index (χ4v) is 1.41. The molecule has 0 aromatic carbocycles. The van der Waals surface area contributed by atoms with Gasteiger partial charge in [-0.2, -0.15) is 0 Å². The van der Waals surface area contributed by atoms with Crippen LogP contribution >= 0.6 is 19.9 Å². The molecular formula is C5H6NO4PS. The first-order chi connectivity index (χ1) is 5.58. The third kappa shape index (κ3) is 3.85. The smallest absolute Gasteiger partial charge is 0.302 e. The van der Waals surface area contributed by atoms with Gasteiger partial charge in [-0.05, 0) is 12.1 Å². The lowest BCUT2D eigenvalue weighted by Gasteiger charge is -2.01. The second-order valence-electron chi connectivity index (χ2n) is 1.82. The Morgan fingerprint density at radius 1 is 1.50 bits per heavy atom. The highest BCUT2D eigenvalue weighted by Gasteiger charge is 2.15. The van der Waals surface area contributed by atoms with Gasteiger partial charge in [0.1, 0.15) is 5.03 Å². The van der Waals surface area contributed by atoms with Crippen LogP contribution in [0, 0.1) is 0 Å². The third-order valence-electron chi connectivity index (χ3n) is 0.857. The first kappa shape index (κ1) is 9.70. The minimum Gasteiger partial charge on any atom is -0.302 e. The predicted molar refractivity (Wildman–Crippen MR) is 43.2 cm³/mol. The number of hydrogen-bond acceptors (Lipinski definition) is 4. The molecule has 0 atom stereocenters. The highest BCUT2D eigenvalue weighted by molar-refractivity contribution is 7.97. The fraction of sp³-hybridized carbons (Fsp3) is 0. The van der Waals surface area contributed by atoms with Crippen molar-refractivity contribution in [3.8, 4) is 0 Å². The Morgan fingerprint density at radius 2 is 2.25 bits per heavy atom. The van der Waals surface area contributed by atoms with Crippen molar-refractivity contribution >= 4 is 19.9 Å². The lowest BCUT2D eigenvalue weighted by molar-refractivity contribution is 0.298. The Hall–Kier alpha value is -0.390. The molecule has 0 aliphatic heterocycles. The molecule has 1 rings (SSSR count). The first-order valence-electron chi connectivity index (χ1n) is 2.91. The van der Waals surface area contributed by atoms with Crippen molar-refractivity contribution in [1.29, 1.82) is 0 Å². The van der Waals surface area contributed by atoms with Crippen LogP contribution in [0.25, 0.3) is 0 Å². The van der Waals surface area contributed by atoms with Crippen molar-refractivity contribution in [2.45, 2.75) is 5.03 Å². The number of pyridine rings is 1. The molecule has 5 nitrogen and oxygen atoms in total. The summed E-state index contributed by atoms with van der Waals surface area (Å²) in [6.45, 7) is 0. The van der Waals surface area contributed by atoms with E-state index < -0.39 is 7.82 Å². The lowest BCUT2D eigenvalue weighted by Crippen LogP contribution is -1.80. The van der Waals surface area contributed by atoms with Gasteiger partial charge in [-0.3, -0.25) is 0 Å². The topological polar surface area (TPSA) is 79.7 Å². The van der Waals surface area contributed by atoms with Gasteiger partial charge in [-0.15, -0.1) is 0 Å². The average Bonchev–Trinajstić information content (AvgIpc) is 2.02. The van der Waals surface area contributed by atoms with Gasteiger partial charge in [0.25, 0.3) is 0 Å². The average molecular weight is 207 g/mol. The minimum atomic E-state index is -4.41. The molecule has 0 bridgehead atoms. The van der Waals surface area contributed by atoms with Crippen molar-refractivity contribution in [1.82, 2.24) is 4.98 Å². The summed E-state index contributed by atoms with van der Waals surface area (Å²) in [5, 5.41) is 0.404. The summed E-state index contributed by atoms with van der Waals surface area (Å²) in [4.78, 5) is 20.4. The van der Waals surface area contributed by atoms with Gasteiger partial charge < -0.3 is 9.79 Å². The maximum absolute atomic E-state index is 10.2. The van der Waals surface area contributed by atoms with Crippen LogP contribution in [0.5, 0.6) is 0 Å². The highest BCUT2D eigenvalue weighted by atomic mass is 32.2. The van der Waals surface area contributed by atoms with Crippen LogP contribution in [0.4, 0.5) is 0 Å². The number of rotatable bonds is 3. The Kier molecular flexibility index (Phi) is 3.25. The van der Waals surface area contributed by atoms with Gasteiger partial charge in [0.2, 0.25) is 0 Å². The van der Waals surface area contributed by atoms with Crippen LogP contribution in [-0.2, 0) is 8.54 Å². The summed E-state index contributed by atoms with van der Waals surface area (Å²) in [6, 6.07) is 4.97. The van der Waals surface area contributed by atoms with Crippen LogP contribution in [0.1, 0.15) is 0 Å². The predicted octanol–water partition coefficient (Wildman–Crippen LogP) is 1.20. The molecule has 0 saturated carbocycles. The molecule has 0 spiro atoms. The number of aromatic nitrogens is 1. The van der Waals surface area contributed by atoms with Gasteiger partial charge in [-0.1, -0.05) is 6.07 Å². The van der Waals surface area contributed by atoms with Crippen LogP contribution < -0.4 is 0 Å². The Balaban J connectivity index is 2.50. The van der Waals surface area contributed by atoms with Gasteiger partial charge in [0.15, 0.2) is 0 Å². The van der Waals surface area contributed by atoms with Gasteiger partial charge in [0, 0.05) is 6.20 Å². The third-order valence-corrected chi connectivity index (χ3v) is 2.34. The van der Waals surface area contributed by atoms with Crippen LogP contribution in [-0.4, -0.2) is 14.8 Å². The molecular weight excluding hydrogens is 201 g/mol. The van der Waals surface area contributed by atoms with Crippen LogP contribution in [0.3, 0.4) is 0 Å². The maximum atomic E-state index is 10.2. The second kappa shape index (κ2) is 4.02. The van der Waals surface area contributed by atoms with E-state index in [4.69, 9.17) is 9.79 Å². The first-order valence-corrected chi connectivity index (χ1v) is 5.18. The minimum absolute atomic E-state index is 0.404. The van der Waals surface area contributed by atoms with E-state index in [0.717, 1.165) is 0 Å². The Bertz CT molecular complexity index is 287. The van der Waals surface area contributed by atoms with Gasteiger partial charge in [-0.25, -0.2) is 13.5 Å². The molecule has 66 valence electrons. The molecule has 0 amide bonds. The fourth-order valence-electron chi connectivity index (χ4n) is 0.483. The summed E-state index contributed by atoms with van der Waals surface area (Å²) >= 11 is 0.553. The van der Waals surface area contributed by atoms with E-state index in [1.165, 1.54) is 6.20 Å². The van der Waals surface area contributed by atoms with Crippen molar-refractivity contribution in [3.63, 3.8) is 0 Å². The van der Waals surface area contributed by atoms with Gasteiger partial charge >= 0.3 is 7.82 Å². The van der Waals surface area contributed by atoms with Crippen LogP contribution in [0.2, 0.25) is 0 Å². The molecule has 0 unspecified atom stereocenters. The summed E-state index contributed by atoms with van der Waals surface area (Å²) in [5.41, 5.74) is 0. The molecule has 0 aliphatic rings. The van der Waals surface area contributed by atoms with Crippen LogP contribution in [0.15, 0.2) is 29.4 Å². The van der Waals surface area contributed by atoms with Crippen molar-refractivity contribution in [2.75, 3.05) is 0 Å². The van der Waals surface area contributed by atoms with Crippen molar-refractivity contribution < 1.29 is 18.3 Å². The number of phosphoric acid groups is 1. The summed E-state index contributed by atoms with van der Waals surface area (Å²) < 4.78 is 14.4. The summed E-state index contributed by atoms with van der Waals surface area (Å²) in [7, 11) is -4.41. The largest absolute Gasteiger partial charge is 0.481 e. The second-order valence-corrected chi connectivity index (χ2v) is 3.98. The molecule has 1 heterocycles. The number of hydrogen-bond donors (Lipinski definition) is 2. The van der Waals surface area contributed by atoms with Gasteiger partial charge in [0.05, 0.1) is 12.0 Å².